The predicted molar refractivity (Wildman–Crippen MR) is 67.7 cm³/mol. The van der Waals surface area contributed by atoms with Crippen LogP contribution in [0.2, 0.25) is 0 Å². The van der Waals surface area contributed by atoms with Crippen molar-refractivity contribution in [3.8, 4) is 6.07 Å². The normalized spacial score (nSPS) is 19.2. The van der Waals surface area contributed by atoms with Crippen LogP contribution in [-0.4, -0.2) is 33.2 Å². The van der Waals surface area contributed by atoms with Crippen LogP contribution >= 0.6 is 0 Å². The second-order valence-corrected chi connectivity index (χ2v) is 6.17. The number of aromatic nitrogens is 1. The summed E-state index contributed by atoms with van der Waals surface area (Å²) in [6.45, 7) is 1.85. The van der Waals surface area contributed by atoms with Crippen LogP contribution in [-0.2, 0) is 14.8 Å². The predicted octanol–water partition coefficient (Wildman–Crippen LogP) is 0.658. The molecule has 2 heterocycles. The lowest BCUT2D eigenvalue weighted by Crippen LogP contribution is -2.26. The van der Waals surface area contributed by atoms with E-state index in [1.165, 1.54) is 18.3 Å². The van der Waals surface area contributed by atoms with E-state index in [-0.39, 0.29) is 10.6 Å². The lowest BCUT2D eigenvalue weighted by atomic mass is 10.1. The summed E-state index contributed by atoms with van der Waals surface area (Å²) in [4.78, 5) is 3.83. The van der Waals surface area contributed by atoms with E-state index in [1.54, 1.807) is 0 Å². The number of pyridine rings is 1. The smallest absolute Gasteiger partial charge is 0.242 e. The number of nitriles is 1. The zero-order valence-corrected chi connectivity index (χ0v) is 11.2. The third kappa shape index (κ3) is 3.73. The standard InChI is InChI=1S/C12H15N3O3S/c13-7-11-1-2-12(8-14-11)19(16,17)15-5-3-10-4-6-18-9-10/h1-2,8,10,15H,3-6,9H2. The van der Waals surface area contributed by atoms with Crippen LogP contribution < -0.4 is 4.72 Å². The SMILES string of the molecule is N#Cc1ccc(S(=O)(=O)NCCC2CCOC2)cn1. The first-order valence-electron chi connectivity index (χ1n) is 6.05. The molecule has 102 valence electrons. The van der Waals surface area contributed by atoms with Crippen molar-refractivity contribution in [2.45, 2.75) is 17.7 Å². The van der Waals surface area contributed by atoms with Crippen LogP contribution in [0.25, 0.3) is 0 Å². The van der Waals surface area contributed by atoms with Crippen LogP contribution in [0.15, 0.2) is 23.2 Å². The highest BCUT2D eigenvalue weighted by atomic mass is 32.2. The number of hydrogen-bond acceptors (Lipinski definition) is 5. The van der Waals surface area contributed by atoms with Crippen molar-refractivity contribution in [3.05, 3.63) is 24.0 Å². The molecule has 0 spiro atoms. The molecule has 6 nitrogen and oxygen atoms in total. The number of rotatable bonds is 5. The minimum atomic E-state index is -3.54. The van der Waals surface area contributed by atoms with Crippen LogP contribution in [0, 0.1) is 17.2 Å². The van der Waals surface area contributed by atoms with Crippen molar-refractivity contribution in [1.29, 1.82) is 5.26 Å². The Balaban J connectivity index is 1.91. The third-order valence-corrected chi connectivity index (χ3v) is 4.48. The van der Waals surface area contributed by atoms with Gasteiger partial charge >= 0.3 is 0 Å². The molecule has 1 atom stereocenters. The Labute approximate surface area is 112 Å². The molecule has 1 aliphatic heterocycles. The number of sulfonamides is 1. The molecule has 0 amide bonds. The van der Waals surface area contributed by atoms with Gasteiger partial charge in [0.25, 0.3) is 0 Å². The lowest BCUT2D eigenvalue weighted by Gasteiger charge is -2.09. The first kappa shape index (κ1) is 13.9. The van der Waals surface area contributed by atoms with Gasteiger partial charge in [0.1, 0.15) is 16.7 Å². The van der Waals surface area contributed by atoms with Crippen molar-refractivity contribution in [2.24, 2.45) is 5.92 Å². The van der Waals surface area contributed by atoms with Gasteiger partial charge in [0.05, 0.1) is 0 Å². The van der Waals surface area contributed by atoms with E-state index in [4.69, 9.17) is 10.00 Å². The van der Waals surface area contributed by atoms with Crippen molar-refractivity contribution in [2.75, 3.05) is 19.8 Å². The first-order valence-corrected chi connectivity index (χ1v) is 7.54. The van der Waals surface area contributed by atoms with Crippen LogP contribution in [0.4, 0.5) is 0 Å². The zero-order valence-electron chi connectivity index (χ0n) is 10.4. The Kier molecular flexibility index (Phi) is 4.47. The Morgan fingerprint density at radius 1 is 1.53 bits per heavy atom. The molecule has 1 aromatic rings. The number of hydrogen-bond donors (Lipinski definition) is 1. The summed E-state index contributed by atoms with van der Waals surface area (Å²) in [7, 11) is -3.54. The maximum absolute atomic E-state index is 11.9. The molecular formula is C12H15N3O3S. The second-order valence-electron chi connectivity index (χ2n) is 4.41. The van der Waals surface area contributed by atoms with Gasteiger partial charge in [0.15, 0.2) is 0 Å². The van der Waals surface area contributed by atoms with E-state index in [0.717, 1.165) is 19.4 Å². The van der Waals surface area contributed by atoms with E-state index in [2.05, 4.69) is 9.71 Å². The molecule has 1 fully saturated rings. The van der Waals surface area contributed by atoms with E-state index < -0.39 is 10.0 Å². The quantitative estimate of drug-likeness (QED) is 0.856. The highest BCUT2D eigenvalue weighted by molar-refractivity contribution is 7.89. The highest BCUT2D eigenvalue weighted by Gasteiger charge is 2.18. The topological polar surface area (TPSA) is 92.1 Å². The van der Waals surface area contributed by atoms with Crippen LogP contribution in [0.3, 0.4) is 0 Å². The third-order valence-electron chi connectivity index (χ3n) is 3.03. The van der Waals surface area contributed by atoms with Crippen molar-refractivity contribution >= 4 is 10.0 Å². The average Bonchev–Trinajstić information content (AvgIpc) is 2.92. The van der Waals surface area contributed by atoms with Gasteiger partial charge < -0.3 is 4.74 Å². The number of ether oxygens (including phenoxy) is 1. The average molecular weight is 281 g/mol. The molecule has 1 unspecified atom stereocenters. The molecule has 7 heteroatoms. The van der Waals surface area contributed by atoms with Gasteiger partial charge in [-0.25, -0.2) is 18.1 Å². The Bertz CT molecular complexity index is 557. The molecule has 0 bridgehead atoms. The Morgan fingerprint density at radius 3 is 2.95 bits per heavy atom. The summed E-state index contributed by atoms with van der Waals surface area (Å²) in [6.07, 6.45) is 2.95. The molecule has 0 aromatic carbocycles. The largest absolute Gasteiger partial charge is 0.381 e. The van der Waals surface area contributed by atoms with Crippen LogP contribution in [0.1, 0.15) is 18.5 Å². The van der Waals surface area contributed by atoms with E-state index in [0.29, 0.717) is 19.1 Å². The molecule has 1 aromatic heterocycles. The van der Waals surface area contributed by atoms with E-state index >= 15 is 0 Å². The number of nitrogens with zero attached hydrogens (tertiary/aromatic N) is 2. The maximum Gasteiger partial charge on any atom is 0.242 e. The van der Waals surface area contributed by atoms with Gasteiger partial charge in [0, 0.05) is 26.0 Å². The van der Waals surface area contributed by atoms with E-state index in [9.17, 15) is 8.42 Å². The van der Waals surface area contributed by atoms with Gasteiger partial charge in [-0.05, 0) is 30.9 Å². The summed E-state index contributed by atoms with van der Waals surface area (Å²) >= 11 is 0. The summed E-state index contributed by atoms with van der Waals surface area (Å²) in [5.74, 6) is 0.432. The second kappa shape index (κ2) is 6.10. The van der Waals surface area contributed by atoms with E-state index in [1.807, 2.05) is 6.07 Å². The van der Waals surface area contributed by atoms with Crippen molar-refractivity contribution < 1.29 is 13.2 Å². The van der Waals surface area contributed by atoms with Gasteiger partial charge in [-0.3, -0.25) is 0 Å². The molecule has 1 aliphatic rings. The highest BCUT2D eigenvalue weighted by Crippen LogP contribution is 2.16. The molecule has 0 aliphatic carbocycles. The lowest BCUT2D eigenvalue weighted by molar-refractivity contribution is 0.184. The van der Waals surface area contributed by atoms with Crippen LogP contribution in [0.5, 0.6) is 0 Å². The summed E-state index contributed by atoms with van der Waals surface area (Å²) < 4.78 is 31.6. The van der Waals surface area contributed by atoms with Gasteiger partial charge in [-0.2, -0.15) is 5.26 Å². The van der Waals surface area contributed by atoms with Gasteiger partial charge in [-0.1, -0.05) is 0 Å². The van der Waals surface area contributed by atoms with Crippen molar-refractivity contribution in [1.82, 2.24) is 9.71 Å². The maximum atomic E-state index is 11.9. The molecule has 1 N–H and O–H groups in total. The fourth-order valence-electron chi connectivity index (χ4n) is 1.90. The first-order chi connectivity index (χ1) is 9.12. The monoisotopic (exact) mass is 281 g/mol. The summed E-state index contributed by atoms with van der Waals surface area (Å²) in [6, 6.07) is 4.62. The fraction of sp³-hybridized carbons (Fsp3) is 0.500. The number of nitrogens with one attached hydrogen (secondary N) is 1. The Hall–Kier alpha value is -1.49. The zero-order chi connectivity index (χ0) is 13.7. The summed E-state index contributed by atoms with van der Waals surface area (Å²) in [5, 5.41) is 8.60. The molecule has 0 saturated carbocycles. The van der Waals surface area contributed by atoms with Crippen molar-refractivity contribution in [3.63, 3.8) is 0 Å². The summed E-state index contributed by atoms with van der Waals surface area (Å²) in [5.41, 5.74) is 0.196. The minimum Gasteiger partial charge on any atom is -0.381 e. The molecule has 0 radical (unpaired) electrons. The molecular weight excluding hydrogens is 266 g/mol. The molecule has 19 heavy (non-hydrogen) atoms. The Morgan fingerprint density at radius 2 is 2.37 bits per heavy atom. The fourth-order valence-corrected chi connectivity index (χ4v) is 2.89. The molecule has 1 saturated heterocycles. The minimum absolute atomic E-state index is 0.0779. The van der Waals surface area contributed by atoms with Gasteiger partial charge in [-0.15, -0.1) is 0 Å². The van der Waals surface area contributed by atoms with Gasteiger partial charge in [0.2, 0.25) is 10.0 Å². The molecule has 2 rings (SSSR count).